The maximum Gasteiger partial charge on any atom is 0.122 e. The van der Waals surface area contributed by atoms with E-state index in [0.717, 1.165) is 0 Å². The van der Waals surface area contributed by atoms with Gasteiger partial charge in [0.05, 0.1) is 22.7 Å². The molecule has 1 aliphatic carbocycles. The van der Waals surface area contributed by atoms with Crippen LogP contribution < -0.4 is 4.74 Å². The molecule has 0 saturated heterocycles. The lowest BCUT2D eigenvalue weighted by atomic mass is 9.97. The number of allylic oxidation sites excluding steroid dienone is 6. The lowest BCUT2D eigenvalue weighted by Crippen LogP contribution is -2.03. The van der Waals surface area contributed by atoms with Crippen molar-refractivity contribution in [1.29, 1.82) is 5.26 Å². The summed E-state index contributed by atoms with van der Waals surface area (Å²) in [5.41, 5.74) is 1.68. The number of rotatable bonds is 2. The minimum atomic E-state index is 0.150. The zero-order chi connectivity index (χ0) is 15.4. The number of methoxy groups -OCH3 is 1. The molecule has 0 spiro atoms. The van der Waals surface area contributed by atoms with E-state index in [1.165, 1.54) is 12.2 Å². The number of benzene rings is 1. The summed E-state index contributed by atoms with van der Waals surface area (Å²) in [6.07, 6.45) is 2.90. The molecule has 0 heterocycles. The van der Waals surface area contributed by atoms with E-state index < -0.39 is 0 Å². The molecule has 1 aromatic rings. The summed E-state index contributed by atoms with van der Waals surface area (Å²) in [6.45, 7) is 0. The predicted molar refractivity (Wildman–Crippen MR) is 82.6 cm³/mol. The van der Waals surface area contributed by atoms with E-state index in [9.17, 15) is 5.26 Å². The first-order chi connectivity index (χ1) is 10.1. The van der Waals surface area contributed by atoms with Crippen molar-refractivity contribution in [3.63, 3.8) is 0 Å². The van der Waals surface area contributed by atoms with Gasteiger partial charge in [-0.05, 0) is 42.0 Å². The van der Waals surface area contributed by atoms with Gasteiger partial charge in [-0.25, -0.2) is 0 Å². The predicted octanol–water partition coefficient (Wildman–Crippen LogP) is 4.06. The molecule has 106 valence electrons. The van der Waals surface area contributed by atoms with Gasteiger partial charge in [-0.2, -0.15) is 5.26 Å². The Balaban J connectivity index is 2.56. The zero-order valence-corrected chi connectivity index (χ0v) is 12.5. The average molecular weight is 321 g/mol. The standard InChI is InChI=1S/C15H10Cl2N2O2/c1-21-10-4-2-9(3-5-10)12(8-18)11-6-14(17)15(19-20)7-13(11)16/h2-7,20H,1H3/b12-11+,19-15-. The summed E-state index contributed by atoms with van der Waals surface area (Å²) >= 11 is 12.1. The van der Waals surface area contributed by atoms with Crippen LogP contribution in [0.1, 0.15) is 5.56 Å². The van der Waals surface area contributed by atoms with Gasteiger partial charge in [-0.15, -0.1) is 0 Å². The van der Waals surface area contributed by atoms with Crippen molar-refractivity contribution in [2.45, 2.75) is 0 Å². The average Bonchev–Trinajstić information content (AvgIpc) is 2.51. The molecule has 21 heavy (non-hydrogen) atoms. The van der Waals surface area contributed by atoms with Gasteiger partial charge < -0.3 is 9.94 Å². The van der Waals surface area contributed by atoms with Crippen LogP contribution in [0.4, 0.5) is 0 Å². The van der Waals surface area contributed by atoms with Crippen LogP contribution in [-0.4, -0.2) is 18.0 Å². The Bertz CT molecular complexity index is 723. The van der Waals surface area contributed by atoms with Crippen LogP contribution in [0, 0.1) is 11.3 Å². The van der Waals surface area contributed by atoms with Crippen molar-refractivity contribution >= 4 is 34.5 Å². The summed E-state index contributed by atoms with van der Waals surface area (Å²) < 4.78 is 5.08. The number of hydrogen-bond donors (Lipinski definition) is 1. The van der Waals surface area contributed by atoms with E-state index in [4.69, 9.17) is 33.1 Å². The molecule has 0 radical (unpaired) electrons. The van der Waals surface area contributed by atoms with Crippen LogP contribution in [0.5, 0.6) is 5.75 Å². The van der Waals surface area contributed by atoms with E-state index in [-0.39, 0.29) is 15.8 Å². The quantitative estimate of drug-likeness (QED) is 0.507. The maximum absolute atomic E-state index is 9.41. The molecule has 0 saturated carbocycles. The largest absolute Gasteiger partial charge is 0.497 e. The highest BCUT2D eigenvalue weighted by Crippen LogP contribution is 2.32. The van der Waals surface area contributed by atoms with Crippen LogP contribution in [0.25, 0.3) is 5.57 Å². The van der Waals surface area contributed by atoms with Crippen molar-refractivity contribution < 1.29 is 9.94 Å². The van der Waals surface area contributed by atoms with Gasteiger partial charge in [0.2, 0.25) is 0 Å². The molecule has 2 rings (SSSR count). The summed E-state index contributed by atoms with van der Waals surface area (Å²) in [7, 11) is 1.57. The van der Waals surface area contributed by atoms with Crippen LogP contribution in [-0.2, 0) is 0 Å². The van der Waals surface area contributed by atoms with E-state index in [0.29, 0.717) is 22.5 Å². The van der Waals surface area contributed by atoms with Crippen molar-refractivity contribution in [1.82, 2.24) is 0 Å². The summed E-state index contributed by atoms with van der Waals surface area (Å²) in [5, 5.41) is 21.7. The molecule has 0 atom stereocenters. The van der Waals surface area contributed by atoms with Gasteiger partial charge in [0, 0.05) is 5.57 Å². The van der Waals surface area contributed by atoms with Gasteiger partial charge in [0.1, 0.15) is 17.5 Å². The monoisotopic (exact) mass is 320 g/mol. The Hall–Kier alpha value is -2.22. The molecule has 0 bridgehead atoms. The first-order valence-corrected chi connectivity index (χ1v) is 6.62. The molecule has 6 heteroatoms. The van der Waals surface area contributed by atoms with Crippen LogP contribution >= 0.6 is 23.2 Å². The number of hydrogen-bond acceptors (Lipinski definition) is 4. The lowest BCUT2D eigenvalue weighted by Gasteiger charge is -2.12. The van der Waals surface area contributed by atoms with Gasteiger partial charge in [-0.1, -0.05) is 28.4 Å². The Morgan fingerprint density at radius 3 is 2.38 bits per heavy atom. The molecule has 0 aliphatic heterocycles. The minimum absolute atomic E-state index is 0.150. The topological polar surface area (TPSA) is 65.6 Å². The highest BCUT2D eigenvalue weighted by atomic mass is 35.5. The van der Waals surface area contributed by atoms with Crippen LogP contribution in [0.2, 0.25) is 0 Å². The fraction of sp³-hybridized carbons (Fsp3) is 0.0667. The second-order valence-electron chi connectivity index (χ2n) is 4.10. The second kappa shape index (κ2) is 6.49. The van der Waals surface area contributed by atoms with Crippen LogP contribution in [0.3, 0.4) is 0 Å². The van der Waals surface area contributed by atoms with Crippen LogP contribution in [0.15, 0.2) is 57.2 Å². The van der Waals surface area contributed by atoms with Gasteiger partial charge in [0.15, 0.2) is 0 Å². The molecular formula is C15H10Cl2N2O2. The third-order valence-corrected chi connectivity index (χ3v) is 3.52. The van der Waals surface area contributed by atoms with Crippen molar-refractivity contribution in [3.8, 4) is 11.8 Å². The van der Waals surface area contributed by atoms with E-state index in [1.54, 1.807) is 31.4 Å². The number of halogens is 2. The highest BCUT2D eigenvalue weighted by Gasteiger charge is 2.18. The van der Waals surface area contributed by atoms with E-state index >= 15 is 0 Å². The Labute approximate surface area is 131 Å². The third kappa shape index (κ3) is 3.10. The number of nitrogens with zero attached hydrogens (tertiary/aromatic N) is 2. The zero-order valence-electron chi connectivity index (χ0n) is 11.0. The highest BCUT2D eigenvalue weighted by molar-refractivity contribution is 6.48. The molecule has 4 nitrogen and oxygen atoms in total. The maximum atomic E-state index is 9.41. The fourth-order valence-corrected chi connectivity index (χ4v) is 2.30. The lowest BCUT2D eigenvalue weighted by molar-refractivity contribution is 0.320. The van der Waals surface area contributed by atoms with Gasteiger partial charge in [0.25, 0.3) is 0 Å². The molecule has 0 amide bonds. The number of nitriles is 1. The molecule has 0 aromatic heterocycles. The molecular weight excluding hydrogens is 311 g/mol. The van der Waals surface area contributed by atoms with E-state index in [1.807, 2.05) is 0 Å². The Morgan fingerprint density at radius 1 is 1.19 bits per heavy atom. The van der Waals surface area contributed by atoms with E-state index in [2.05, 4.69) is 11.2 Å². The van der Waals surface area contributed by atoms with Crippen molar-refractivity contribution in [2.75, 3.05) is 7.11 Å². The normalized spacial score (nSPS) is 18.7. The molecule has 1 aliphatic rings. The summed E-state index contributed by atoms with van der Waals surface area (Å²) in [5.74, 6) is 0.689. The summed E-state index contributed by atoms with van der Waals surface area (Å²) in [4.78, 5) is 0. The molecule has 1 aromatic carbocycles. The van der Waals surface area contributed by atoms with Gasteiger partial charge in [-0.3, -0.25) is 0 Å². The first-order valence-electron chi connectivity index (χ1n) is 5.86. The fourth-order valence-electron chi connectivity index (χ4n) is 1.84. The van der Waals surface area contributed by atoms with Gasteiger partial charge >= 0.3 is 0 Å². The SMILES string of the molecule is COc1ccc(/C(C#N)=C2C=C(Cl)/C(=N\O)C=C\2Cl)cc1. The third-order valence-electron chi connectivity index (χ3n) is 2.90. The molecule has 1 N–H and O–H groups in total. The van der Waals surface area contributed by atoms with Crippen molar-refractivity contribution in [2.24, 2.45) is 5.16 Å². The smallest absolute Gasteiger partial charge is 0.122 e. The molecule has 0 fully saturated rings. The number of ether oxygens (including phenoxy) is 1. The second-order valence-corrected chi connectivity index (χ2v) is 4.91. The summed E-state index contributed by atoms with van der Waals surface area (Å²) in [6, 6.07) is 9.13. The Morgan fingerprint density at radius 2 is 1.86 bits per heavy atom. The number of oxime groups is 1. The Kier molecular flexibility index (Phi) is 4.69. The molecule has 0 unspecified atom stereocenters. The van der Waals surface area contributed by atoms with Crippen molar-refractivity contribution in [3.05, 3.63) is 57.6 Å². The first kappa shape index (κ1) is 15.2. The minimum Gasteiger partial charge on any atom is -0.497 e.